The third-order valence-corrected chi connectivity index (χ3v) is 11.2. The van der Waals surface area contributed by atoms with Crippen molar-refractivity contribution in [1.29, 1.82) is 0 Å². The molecular weight excluding hydrogens is 775 g/mol. The van der Waals surface area contributed by atoms with Crippen LogP contribution in [0.4, 0.5) is 29.7 Å². The molecule has 1 amide bonds. The highest BCUT2D eigenvalue weighted by Gasteiger charge is 2.51. The summed E-state index contributed by atoms with van der Waals surface area (Å²) in [5.41, 5.74) is 5.97. The SMILES string of the molecule is C=C/C(=C\C(=C/C)S(C)(=O)=O)c1cc(Cl)ccc1[C@@H](Oc1cc(N2CCC3(CC2)C[C@@H](C(=O)OCC)N(C(=O)OCc2ccccc2)C3)nc(N)n1)C(F)(F)F. The molecule has 2 N–H and O–H groups in total. The Morgan fingerprint density at radius 2 is 1.80 bits per heavy atom. The molecule has 2 aliphatic rings. The number of carbonyl (C=O) groups excluding carboxylic acids is 2. The molecule has 2 fully saturated rings. The second-order valence-electron chi connectivity index (χ2n) is 13.6. The predicted octanol–water partition coefficient (Wildman–Crippen LogP) is 7.47. The number of esters is 1. The van der Waals surface area contributed by atoms with E-state index in [0.717, 1.165) is 17.9 Å². The van der Waals surface area contributed by atoms with Crippen LogP contribution in [0.3, 0.4) is 0 Å². The molecule has 1 aromatic heterocycles. The van der Waals surface area contributed by atoms with E-state index < -0.39 is 51.5 Å². The van der Waals surface area contributed by atoms with E-state index in [2.05, 4.69) is 16.5 Å². The number of nitrogen functional groups attached to an aromatic ring is 1. The molecule has 0 unspecified atom stereocenters. The van der Waals surface area contributed by atoms with Crippen molar-refractivity contribution in [2.45, 2.75) is 58.0 Å². The topological polar surface area (TPSA) is 154 Å². The van der Waals surface area contributed by atoms with Crippen molar-refractivity contribution in [3.63, 3.8) is 0 Å². The van der Waals surface area contributed by atoms with Crippen molar-refractivity contribution in [2.24, 2.45) is 5.41 Å². The van der Waals surface area contributed by atoms with E-state index >= 15 is 0 Å². The highest BCUT2D eigenvalue weighted by atomic mass is 35.5. The van der Waals surface area contributed by atoms with Gasteiger partial charge in [-0.1, -0.05) is 66.7 Å². The highest BCUT2D eigenvalue weighted by Crippen LogP contribution is 2.46. The first-order valence-electron chi connectivity index (χ1n) is 17.7. The molecule has 2 aliphatic heterocycles. The quantitative estimate of drug-likeness (QED) is 0.143. The molecule has 3 aromatic rings. The van der Waals surface area contributed by atoms with E-state index in [1.54, 1.807) is 6.92 Å². The van der Waals surface area contributed by atoms with Crippen molar-refractivity contribution in [2.75, 3.05) is 43.1 Å². The minimum absolute atomic E-state index is 0.0347. The Bertz CT molecular complexity index is 2110. The first kappa shape index (κ1) is 42.1. The van der Waals surface area contributed by atoms with Crippen molar-refractivity contribution >= 4 is 50.8 Å². The van der Waals surface area contributed by atoms with Crippen LogP contribution in [0.5, 0.6) is 5.88 Å². The van der Waals surface area contributed by atoms with E-state index in [1.807, 2.05) is 35.2 Å². The maximum atomic E-state index is 14.9. The summed E-state index contributed by atoms with van der Waals surface area (Å²) in [4.78, 5) is 37.7. The molecule has 300 valence electrons. The number of carbonyl (C=O) groups is 2. The number of amides is 1. The number of alkyl halides is 3. The van der Waals surface area contributed by atoms with Crippen LogP contribution in [0.1, 0.15) is 55.9 Å². The van der Waals surface area contributed by atoms with Crippen molar-refractivity contribution in [3.05, 3.63) is 106 Å². The fourth-order valence-corrected chi connectivity index (χ4v) is 7.90. The molecule has 2 saturated heterocycles. The number of nitrogens with zero attached hydrogens (tertiary/aromatic N) is 4. The number of likely N-dealkylation sites (tertiary alicyclic amines) is 1. The van der Waals surface area contributed by atoms with Crippen LogP contribution in [-0.2, 0) is 30.7 Å². The Morgan fingerprint density at radius 1 is 1.11 bits per heavy atom. The van der Waals surface area contributed by atoms with Gasteiger partial charge >= 0.3 is 18.2 Å². The molecule has 17 heteroatoms. The number of hydrogen-bond donors (Lipinski definition) is 1. The predicted molar refractivity (Wildman–Crippen MR) is 206 cm³/mol. The number of nitrogens with two attached hydrogens (primary N) is 1. The van der Waals surface area contributed by atoms with Gasteiger partial charge in [-0.15, -0.1) is 0 Å². The normalized spacial score (nSPS) is 18.1. The van der Waals surface area contributed by atoms with Gasteiger partial charge in [-0.2, -0.15) is 23.1 Å². The number of allylic oxidation sites excluding steroid dienone is 4. The third-order valence-electron chi connectivity index (χ3n) is 9.74. The Balaban J connectivity index is 1.37. The van der Waals surface area contributed by atoms with Gasteiger partial charge in [-0.05, 0) is 73.4 Å². The number of sulfone groups is 1. The summed E-state index contributed by atoms with van der Waals surface area (Å²) in [6.07, 6.45) is -2.13. The maximum Gasteiger partial charge on any atom is 0.429 e. The minimum Gasteiger partial charge on any atom is -0.464 e. The minimum atomic E-state index is -4.99. The van der Waals surface area contributed by atoms with Crippen LogP contribution in [0.2, 0.25) is 5.02 Å². The van der Waals surface area contributed by atoms with E-state index in [0.29, 0.717) is 32.4 Å². The molecule has 0 saturated carbocycles. The Hall–Kier alpha value is -5.09. The molecule has 1 spiro atoms. The average molecular weight is 818 g/mol. The van der Waals surface area contributed by atoms with Crippen molar-refractivity contribution in [3.8, 4) is 5.88 Å². The number of rotatable bonds is 12. The zero-order chi connectivity index (χ0) is 40.8. The zero-order valence-corrected chi connectivity index (χ0v) is 32.7. The Kier molecular flexibility index (Phi) is 13.0. The Morgan fingerprint density at radius 3 is 2.41 bits per heavy atom. The van der Waals surface area contributed by atoms with Crippen LogP contribution in [0.15, 0.2) is 84.3 Å². The molecular formula is C39H43ClF3N5O7S. The lowest BCUT2D eigenvalue weighted by Gasteiger charge is -2.39. The standard InChI is InChI=1S/C39H43ClF3N5O7S/c1-5-26(19-28(6-2)56(4,51)52)30-20-27(40)13-14-29(30)34(39(41,42)43)55-33-21-32(45-36(44)46-33)47-17-15-38(16-18-47)22-31(35(49)53-7-3)48(24-38)37(50)54-23-25-11-9-8-10-12-25/h5-6,8-14,19-21,31,34H,1,7,15-18,22-24H2,2-4H3,(H2,44,45,46)/b26-19+,28-6+/t31-,34+/m0/s1. The van der Waals surface area contributed by atoms with E-state index in [-0.39, 0.29) is 58.2 Å². The van der Waals surface area contributed by atoms with Gasteiger partial charge < -0.3 is 24.8 Å². The number of aromatic nitrogens is 2. The number of anilines is 2. The second-order valence-corrected chi connectivity index (χ2v) is 16.0. The summed E-state index contributed by atoms with van der Waals surface area (Å²) in [5.74, 6) is -1.09. The number of halogens is 4. The number of hydrogen-bond acceptors (Lipinski definition) is 11. The molecule has 2 aromatic carbocycles. The van der Waals surface area contributed by atoms with Gasteiger partial charge in [-0.3, -0.25) is 4.90 Å². The smallest absolute Gasteiger partial charge is 0.429 e. The Labute approximate surface area is 328 Å². The molecule has 0 bridgehead atoms. The molecule has 2 atom stereocenters. The molecule has 0 radical (unpaired) electrons. The van der Waals surface area contributed by atoms with Crippen LogP contribution < -0.4 is 15.4 Å². The second kappa shape index (κ2) is 17.4. The first-order chi connectivity index (χ1) is 26.5. The van der Waals surface area contributed by atoms with Crippen LogP contribution in [-0.4, -0.2) is 80.1 Å². The first-order valence-corrected chi connectivity index (χ1v) is 20.0. The van der Waals surface area contributed by atoms with E-state index in [4.69, 9.17) is 31.5 Å². The monoisotopic (exact) mass is 817 g/mol. The lowest BCUT2D eigenvalue weighted by Crippen LogP contribution is -2.43. The molecule has 12 nitrogen and oxygen atoms in total. The van der Waals surface area contributed by atoms with E-state index in [1.165, 1.54) is 48.3 Å². The van der Waals surface area contributed by atoms with Gasteiger partial charge in [0.15, 0.2) is 9.84 Å². The van der Waals surface area contributed by atoms with Gasteiger partial charge in [0.25, 0.3) is 0 Å². The number of piperidine rings is 1. The summed E-state index contributed by atoms with van der Waals surface area (Å²) in [5, 5.41) is 0.0956. The van der Waals surface area contributed by atoms with Crippen LogP contribution in [0.25, 0.3) is 5.57 Å². The molecule has 56 heavy (non-hydrogen) atoms. The van der Waals surface area contributed by atoms with Gasteiger partial charge in [0.2, 0.25) is 17.9 Å². The van der Waals surface area contributed by atoms with E-state index in [9.17, 15) is 31.2 Å². The van der Waals surface area contributed by atoms with Crippen molar-refractivity contribution in [1.82, 2.24) is 14.9 Å². The summed E-state index contributed by atoms with van der Waals surface area (Å²) >= 11 is 6.22. The van der Waals surface area contributed by atoms with Gasteiger partial charge in [0, 0.05) is 42.5 Å². The summed E-state index contributed by atoms with van der Waals surface area (Å²) in [6, 6.07) is 13.3. The highest BCUT2D eigenvalue weighted by molar-refractivity contribution is 7.94. The molecule has 0 aliphatic carbocycles. The van der Waals surface area contributed by atoms with Crippen molar-refractivity contribution < 1.29 is 45.4 Å². The summed E-state index contributed by atoms with van der Waals surface area (Å²) < 4.78 is 85.7. The lowest BCUT2D eigenvalue weighted by molar-refractivity contribution is -0.198. The largest absolute Gasteiger partial charge is 0.464 e. The lowest BCUT2D eigenvalue weighted by atomic mass is 9.76. The van der Waals surface area contributed by atoms with Gasteiger partial charge in [-0.25, -0.2) is 18.0 Å². The fraction of sp³-hybridized carbons (Fsp3) is 0.385. The molecule has 3 heterocycles. The number of benzene rings is 2. The van der Waals surface area contributed by atoms with Crippen LogP contribution in [0, 0.1) is 5.41 Å². The molecule has 5 rings (SSSR count). The fourth-order valence-electron chi connectivity index (χ4n) is 6.96. The van der Waals surface area contributed by atoms with Gasteiger partial charge in [0.05, 0.1) is 11.5 Å². The zero-order valence-electron chi connectivity index (χ0n) is 31.1. The third kappa shape index (κ3) is 10.0. The summed E-state index contributed by atoms with van der Waals surface area (Å²) in [6.45, 7) is 8.02. The van der Waals surface area contributed by atoms with Gasteiger partial charge in [0.1, 0.15) is 18.5 Å². The van der Waals surface area contributed by atoms with Crippen LogP contribution >= 0.6 is 11.6 Å². The number of ether oxygens (including phenoxy) is 3. The average Bonchev–Trinajstić information content (AvgIpc) is 3.52. The maximum absolute atomic E-state index is 14.9. The summed E-state index contributed by atoms with van der Waals surface area (Å²) in [7, 11) is -3.73.